The van der Waals surface area contributed by atoms with E-state index >= 15 is 0 Å². The minimum atomic E-state index is 0.299. The Morgan fingerprint density at radius 1 is 1.33 bits per heavy atom. The largest absolute Gasteiger partial charge is 0.489 e. The summed E-state index contributed by atoms with van der Waals surface area (Å²) in [6.07, 6.45) is 4.02. The first kappa shape index (κ1) is 10.5. The Bertz CT molecular complexity index is 282. The number of nitrogens with one attached hydrogen (secondary N) is 1. The number of para-hydroxylation sites is 1. The summed E-state index contributed by atoms with van der Waals surface area (Å²) in [5.74, 6) is 0.974. The highest BCUT2D eigenvalue weighted by Crippen LogP contribution is 2.19. The van der Waals surface area contributed by atoms with Gasteiger partial charge in [-0.3, -0.25) is 0 Å². The van der Waals surface area contributed by atoms with E-state index in [1.165, 1.54) is 12.8 Å². The predicted molar refractivity (Wildman–Crippen MR) is 62.2 cm³/mol. The molecule has 2 rings (SSSR count). The van der Waals surface area contributed by atoms with Crippen LogP contribution in [0, 0.1) is 0 Å². The van der Waals surface area contributed by atoms with Gasteiger partial charge in [-0.1, -0.05) is 25.1 Å². The van der Waals surface area contributed by atoms with Gasteiger partial charge < -0.3 is 10.1 Å². The molecule has 0 aliphatic heterocycles. The Morgan fingerprint density at radius 2 is 2.07 bits per heavy atom. The zero-order chi connectivity index (χ0) is 10.5. The van der Waals surface area contributed by atoms with Crippen molar-refractivity contribution in [3.8, 4) is 5.75 Å². The summed E-state index contributed by atoms with van der Waals surface area (Å²) in [6, 6.07) is 10.8. The van der Waals surface area contributed by atoms with Crippen LogP contribution in [0.15, 0.2) is 30.3 Å². The van der Waals surface area contributed by atoms with Crippen LogP contribution in [-0.4, -0.2) is 18.7 Å². The van der Waals surface area contributed by atoms with E-state index in [-0.39, 0.29) is 0 Å². The number of rotatable bonds is 6. The molecule has 2 nitrogen and oxygen atoms in total. The molecule has 1 aliphatic carbocycles. The molecule has 1 aromatic rings. The van der Waals surface area contributed by atoms with Crippen LogP contribution in [0.5, 0.6) is 5.75 Å². The van der Waals surface area contributed by atoms with Crippen LogP contribution in [0.25, 0.3) is 0 Å². The third kappa shape index (κ3) is 3.56. The van der Waals surface area contributed by atoms with E-state index in [9.17, 15) is 0 Å². The highest BCUT2D eigenvalue weighted by atomic mass is 16.5. The molecular formula is C13H19NO. The van der Waals surface area contributed by atoms with Gasteiger partial charge in [0.1, 0.15) is 11.9 Å². The molecule has 0 bridgehead atoms. The normalized spacial score (nSPS) is 17.4. The van der Waals surface area contributed by atoms with Gasteiger partial charge in [0, 0.05) is 12.6 Å². The second-order valence-corrected chi connectivity index (χ2v) is 4.14. The predicted octanol–water partition coefficient (Wildman–Crippen LogP) is 2.60. The minimum absolute atomic E-state index is 0.299. The van der Waals surface area contributed by atoms with Crippen molar-refractivity contribution < 1.29 is 4.74 Å². The monoisotopic (exact) mass is 205 g/mol. The molecule has 1 N–H and O–H groups in total. The Labute approximate surface area is 91.6 Å². The second-order valence-electron chi connectivity index (χ2n) is 4.14. The summed E-state index contributed by atoms with van der Waals surface area (Å²) >= 11 is 0. The Morgan fingerprint density at radius 3 is 2.67 bits per heavy atom. The second kappa shape index (κ2) is 5.17. The highest BCUT2D eigenvalue weighted by molar-refractivity contribution is 5.21. The summed E-state index contributed by atoms with van der Waals surface area (Å²) in [7, 11) is 0. The number of hydrogen-bond donors (Lipinski definition) is 1. The highest BCUT2D eigenvalue weighted by Gasteiger charge is 2.21. The van der Waals surface area contributed by atoms with Gasteiger partial charge in [0.15, 0.2) is 0 Å². The lowest BCUT2D eigenvalue weighted by atomic mass is 10.2. The summed E-state index contributed by atoms with van der Waals surface area (Å²) in [5, 5.41) is 3.50. The molecule has 0 aromatic heterocycles. The quantitative estimate of drug-likeness (QED) is 0.770. The van der Waals surface area contributed by atoms with Crippen molar-refractivity contribution in [2.75, 3.05) is 6.54 Å². The first-order chi connectivity index (χ1) is 7.38. The van der Waals surface area contributed by atoms with E-state index in [4.69, 9.17) is 4.74 Å². The third-order valence-electron chi connectivity index (χ3n) is 2.71. The molecule has 1 saturated carbocycles. The van der Waals surface area contributed by atoms with E-state index in [1.807, 2.05) is 30.3 Å². The maximum absolute atomic E-state index is 5.88. The van der Waals surface area contributed by atoms with Gasteiger partial charge in [0.25, 0.3) is 0 Å². The first-order valence-corrected chi connectivity index (χ1v) is 5.83. The van der Waals surface area contributed by atoms with Crippen molar-refractivity contribution in [3.63, 3.8) is 0 Å². The Hall–Kier alpha value is -1.02. The average molecular weight is 205 g/mol. The summed E-state index contributed by atoms with van der Waals surface area (Å²) in [5.41, 5.74) is 0. The average Bonchev–Trinajstić information content (AvgIpc) is 3.09. The topological polar surface area (TPSA) is 21.3 Å². The molecule has 0 spiro atoms. The van der Waals surface area contributed by atoms with Gasteiger partial charge in [-0.05, 0) is 31.4 Å². The van der Waals surface area contributed by atoms with Gasteiger partial charge in [-0.25, -0.2) is 0 Å². The fourth-order valence-electron chi connectivity index (χ4n) is 1.55. The van der Waals surface area contributed by atoms with E-state index in [1.54, 1.807) is 0 Å². The molecule has 1 atom stereocenters. The molecule has 1 unspecified atom stereocenters. The van der Waals surface area contributed by atoms with Crippen molar-refractivity contribution in [2.24, 2.45) is 0 Å². The molecule has 15 heavy (non-hydrogen) atoms. The maximum Gasteiger partial charge on any atom is 0.119 e. The number of ether oxygens (including phenoxy) is 1. The molecule has 1 aliphatic rings. The molecule has 1 fully saturated rings. The van der Waals surface area contributed by atoms with Crippen LogP contribution in [0.1, 0.15) is 26.2 Å². The fraction of sp³-hybridized carbons (Fsp3) is 0.538. The molecular weight excluding hydrogens is 186 g/mol. The van der Waals surface area contributed by atoms with E-state index in [0.717, 1.165) is 24.8 Å². The zero-order valence-electron chi connectivity index (χ0n) is 9.28. The standard InChI is InChI=1S/C13H19NO/c1-2-12(10-14-11-8-9-11)15-13-6-4-3-5-7-13/h3-7,11-12,14H,2,8-10H2,1H3. The number of benzene rings is 1. The van der Waals surface area contributed by atoms with Crippen LogP contribution in [0.2, 0.25) is 0 Å². The van der Waals surface area contributed by atoms with Crippen molar-refractivity contribution in [2.45, 2.75) is 38.3 Å². The lowest BCUT2D eigenvalue weighted by Crippen LogP contribution is -2.32. The van der Waals surface area contributed by atoms with Gasteiger partial charge in [-0.2, -0.15) is 0 Å². The smallest absolute Gasteiger partial charge is 0.119 e. The van der Waals surface area contributed by atoms with Crippen LogP contribution in [0.3, 0.4) is 0 Å². The summed E-state index contributed by atoms with van der Waals surface area (Å²) < 4.78 is 5.88. The molecule has 1 aromatic carbocycles. The van der Waals surface area contributed by atoms with Gasteiger partial charge in [0.2, 0.25) is 0 Å². The molecule has 2 heteroatoms. The SMILES string of the molecule is CCC(CNC1CC1)Oc1ccccc1. The van der Waals surface area contributed by atoms with Gasteiger partial charge in [-0.15, -0.1) is 0 Å². The van der Waals surface area contributed by atoms with Gasteiger partial charge in [0.05, 0.1) is 0 Å². The minimum Gasteiger partial charge on any atom is -0.489 e. The van der Waals surface area contributed by atoms with Crippen molar-refractivity contribution in [1.29, 1.82) is 0 Å². The third-order valence-corrected chi connectivity index (χ3v) is 2.71. The van der Waals surface area contributed by atoms with E-state index in [0.29, 0.717) is 6.10 Å². The van der Waals surface area contributed by atoms with Crippen molar-refractivity contribution in [3.05, 3.63) is 30.3 Å². The maximum atomic E-state index is 5.88. The van der Waals surface area contributed by atoms with Crippen molar-refractivity contribution >= 4 is 0 Å². The Kier molecular flexibility index (Phi) is 3.62. The zero-order valence-corrected chi connectivity index (χ0v) is 9.28. The number of hydrogen-bond acceptors (Lipinski definition) is 2. The van der Waals surface area contributed by atoms with Crippen molar-refractivity contribution in [1.82, 2.24) is 5.32 Å². The molecule has 0 amide bonds. The molecule has 0 radical (unpaired) electrons. The Balaban J connectivity index is 1.78. The molecule has 0 saturated heterocycles. The molecule has 82 valence electrons. The fourth-order valence-corrected chi connectivity index (χ4v) is 1.55. The summed E-state index contributed by atoms with van der Waals surface area (Å²) in [6.45, 7) is 3.14. The van der Waals surface area contributed by atoms with Crippen LogP contribution >= 0.6 is 0 Å². The summed E-state index contributed by atoms with van der Waals surface area (Å²) in [4.78, 5) is 0. The van der Waals surface area contributed by atoms with E-state index in [2.05, 4.69) is 12.2 Å². The lowest BCUT2D eigenvalue weighted by molar-refractivity contribution is 0.193. The van der Waals surface area contributed by atoms with Gasteiger partial charge >= 0.3 is 0 Å². The van der Waals surface area contributed by atoms with Crippen LogP contribution in [0.4, 0.5) is 0 Å². The molecule has 0 heterocycles. The van der Waals surface area contributed by atoms with Crippen LogP contribution < -0.4 is 10.1 Å². The van der Waals surface area contributed by atoms with Crippen LogP contribution in [-0.2, 0) is 0 Å². The lowest BCUT2D eigenvalue weighted by Gasteiger charge is -2.18. The van der Waals surface area contributed by atoms with E-state index < -0.39 is 0 Å². The first-order valence-electron chi connectivity index (χ1n) is 5.83.